The fourth-order valence-electron chi connectivity index (χ4n) is 2.86. The number of hydrogen-bond acceptors (Lipinski definition) is 5. The van der Waals surface area contributed by atoms with Crippen molar-refractivity contribution >= 4 is 27.5 Å². The monoisotopic (exact) mass is 370 g/mol. The van der Waals surface area contributed by atoms with Crippen LogP contribution in [0.15, 0.2) is 40.8 Å². The number of carbonyl (C=O) groups excluding carboxylic acids is 1. The molecule has 2 aromatic heterocycles. The van der Waals surface area contributed by atoms with E-state index < -0.39 is 12.0 Å². The average molecular weight is 370 g/mol. The Hall–Kier alpha value is -2.47. The second-order valence-corrected chi connectivity index (χ2v) is 7.35. The molecule has 0 aliphatic heterocycles. The van der Waals surface area contributed by atoms with E-state index in [2.05, 4.69) is 31.0 Å². The highest BCUT2D eigenvalue weighted by molar-refractivity contribution is 7.17. The second-order valence-electron chi connectivity index (χ2n) is 6.49. The Balaban J connectivity index is 2.09. The molecule has 1 unspecified atom stereocenters. The molecule has 0 aliphatic carbocycles. The summed E-state index contributed by atoms with van der Waals surface area (Å²) in [4.78, 5) is 30.1. The van der Waals surface area contributed by atoms with Crippen molar-refractivity contribution in [1.29, 1.82) is 0 Å². The first-order valence-corrected chi connectivity index (χ1v) is 9.57. The van der Waals surface area contributed by atoms with Gasteiger partial charge >= 0.3 is 5.97 Å². The van der Waals surface area contributed by atoms with Crippen molar-refractivity contribution < 1.29 is 9.53 Å². The van der Waals surface area contributed by atoms with Gasteiger partial charge in [0.1, 0.15) is 10.9 Å². The van der Waals surface area contributed by atoms with E-state index in [1.807, 2.05) is 17.5 Å². The molecule has 0 saturated carbocycles. The maximum atomic E-state index is 13.0. The number of esters is 1. The van der Waals surface area contributed by atoms with Crippen LogP contribution in [0.25, 0.3) is 21.3 Å². The summed E-state index contributed by atoms with van der Waals surface area (Å²) in [5.41, 5.74) is 2.85. The minimum absolute atomic E-state index is 0.222. The molecule has 136 valence electrons. The zero-order valence-electron chi connectivity index (χ0n) is 15.4. The van der Waals surface area contributed by atoms with Crippen LogP contribution in [0.2, 0.25) is 0 Å². The first-order chi connectivity index (χ1) is 12.4. The SMILES string of the molecule is CCOC(=O)C(C)n1cnc2scc(-c3ccc(C(C)C)cc3)c2c1=O. The van der Waals surface area contributed by atoms with Crippen LogP contribution >= 0.6 is 11.3 Å². The van der Waals surface area contributed by atoms with Gasteiger partial charge in [0.2, 0.25) is 0 Å². The van der Waals surface area contributed by atoms with Crippen molar-refractivity contribution in [1.82, 2.24) is 9.55 Å². The minimum Gasteiger partial charge on any atom is -0.464 e. The molecule has 3 aromatic rings. The molecule has 0 aliphatic rings. The molecule has 0 spiro atoms. The fourth-order valence-corrected chi connectivity index (χ4v) is 3.76. The third-order valence-electron chi connectivity index (χ3n) is 4.45. The molecular weight excluding hydrogens is 348 g/mol. The molecule has 3 rings (SSSR count). The number of hydrogen-bond donors (Lipinski definition) is 0. The highest BCUT2D eigenvalue weighted by Gasteiger charge is 2.21. The van der Waals surface area contributed by atoms with Gasteiger partial charge in [0.05, 0.1) is 18.3 Å². The zero-order valence-corrected chi connectivity index (χ0v) is 16.2. The Morgan fingerprint density at radius 3 is 2.54 bits per heavy atom. The van der Waals surface area contributed by atoms with E-state index in [1.165, 1.54) is 27.8 Å². The number of rotatable bonds is 5. The van der Waals surface area contributed by atoms with Gasteiger partial charge in [-0.3, -0.25) is 9.36 Å². The van der Waals surface area contributed by atoms with Gasteiger partial charge in [-0.25, -0.2) is 9.78 Å². The van der Waals surface area contributed by atoms with Crippen LogP contribution in [0.5, 0.6) is 0 Å². The summed E-state index contributed by atoms with van der Waals surface area (Å²) in [6.07, 6.45) is 1.42. The Morgan fingerprint density at radius 2 is 1.92 bits per heavy atom. The van der Waals surface area contributed by atoms with E-state index in [0.29, 0.717) is 16.1 Å². The summed E-state index contributed by atoms with van der Waals surface area (Å²) in [6.45, 7) is 7.96. The Morgan fingerprint density at radius 1 is 1.23 bits per heavy atom. The molecule has 0 fully saturated rings. The lowest BCUT2D eigenvalue weighted by Crippen LogP contribution is -2.29. The zero-order chi connectivity index (χ0) is 18.8. The number of aromatic nitrogens is 2. The predicted molar refractivity (Wildman–Crippen MR) is 105 cm³/mol. The molecule has 6 heteroatoms. The van der Waals surface area contributed by atoms with Crippen LogP contribution in [0.3, 0.4) is 0 Å². The van der Waals surface area contributed by atoms with Crippen molar-refractivity contribution in [3.63, 3.8) is 0 Å². The molecule has 5 nitrogen and oxygen atoms in total. The lowest BCUT2D eigenvalue weighted by Gasteiger charge is -2.13. The summed E-state index contributed by atoms with van der Waals surface area (Å²) in [5.74, 6) is 0.0152. The lowest BCUT2D eigenvalue weighted by atomic mass is 9.99. The van der Waals surface area contributed by atoms with Crippen molar-refractivity contribution in [2.75, 3.05) is 6.61 Å². The van der Waals surface area contributed by atoms with Crippen LogP contribution in [0.1, 0.15) is 45.2 Å². The Bertz CT molecular complexity index is 986. The van der Waals surface area contributed by atoms with E-state index >= 15 is 0 Å². The third-order valence-corrected chi connectivity index (χ3v) is 5.34. The van der Waals surface area contributed by atoms with Gasteiger partial charge in [-0.1, -0.05) is 38.1 Å². The van der Waals surface area contributed by atoms with Gasteiger partial charge in [0.15, 0.2) is 0 Å². The molecule has 2 heterocycles. The summed E-state index contributed by atoms with van der Waals surface area (Å²) in [5, 5.41) is 2.49. The largest absolute Gasteiger partial charge is 0.464 e. The third kappa shape index (κ3) is 3.29. The fraction of sp³-hybridized carbons (Fsp3) is 0.350. The quantitative estimate of drug-likeness (QED) is 0.626. The highest BCUT2D eigenvalue weighted by atomic mass is 32.1. The van der Waals surface area contributed by atoms with Crippen LogP contribution in [0, 0.1) is 0 Å². The van der Waals surface area contributed by atoms with Crippen molar-refractivity contribution in [2.24, 2.45) is 0 Å². The predicted octanol–water partition coefficient (Wildman–Crippen LogP) is 4.37. The number of ether oxygens (including phenoxy) is 1. The lowest BCUT2D eigenvalue weighted by molar-refractivity contribution is -0.146. The Labute approximate surface area is 156 Å². The van der Waals surface area contributed by atoms with Gasteiger partial charge in [-0.05, 0) is 30.9 Å². The molecule has 0 radical (unpaired) electrons. The van der Waals surface area contributed by atoms with Crippen LogP contribution in [-0.4, -0.2) is 22.1 Å². The number of nitrogens with zero attached hydrogens (tertiary/aromatic N) is 2. The van der Waals surface area contributed by atoms with Crippen molar-refractivity contribution in [2.45, 2.75) is 39.7 Å². The van der Waals surface area contributed by atoms with Crippen LogP contribution in [0.4, 0.5) is 0 Å². The number of thiophene rings is 1. The first kappa shape index (κ1) is 18.3. The molecule has 0 saturated heterocycles. The van der Waals surface area contributed by atoms with E-state index in [-0.39, 0.29) is 12.2 Å². The second kappa shape index (κ2) is 7.41. The normalized spacial score (nSPS) is 12.5. The smallest absolute Gasteiger partial charge is 0.328 e. The maximum absolute atomic E-state index is 13.0. The molecule has 1 aromatic carbocycles. The average Bonchev–Trinajstić information content (AvgIpc) is 3.07. The highest BCUT2D eigenvalue weighted by Crippen LogP contribution is 2.31. The van der Waals surface area contributed by atoms with Gasteiger partial charge in [0, 0.05) is 10.9 Å². The maximum Gasteiger partial charge on any atom is 0.328 e. The van der Waals surface area contributed by atoms with Gasteiger partial charge in [-0.15, -0.1) is 11.3 Å². The number of carbonyl (C=O) groups is 1. The molecule has 0 bridgehead atoms. The Kier molecular flexibility index (Phi) is 5.23. The van der Waals surface area contributed by atoms with Gasteiger partial charge in [0.25, 0.3) is 5.56 Å². The van der Waals surface area contributed by atoms with E-state index in [4.69, 9.17) is 4.74 Å². The summed E-state index contributed by atoms with van der Waals surface area (Å²) >= 11 is 1.43. The van der Waals surface area contributed by atoms with Gasteiger partial charge < -0.3 is 4.74 Å². The molecule has 26 heavy (non-hydrogen) atoms. The summed E-state index contributed by atoms with van der Waals surface area (Å²) < 4.78 is 6.38. The molecule has 0 N–H and O–H groups in total. The number of benzene rings is 1. The van der Waals surface area contributed by atoms with E-state index in [9.17, 15) is 9.59 Å². The van der Waals surface area contributed by atoms with E-state index in [0.717, 1.165) is 11.1 Å². The van der Waals surface area contributed by atoms with Gasteiger partial charge in [-0.2, -0.15) is 0 Å². The van der Waals surface area contributed by atoms with Crippen LogP contribution < -0.4 is 5.56 Å². The number of fused-ring (bicyclic) bond motifs is 1. The van der Waals surface area contributed by atoms with Crippen LogP contribution in [-0.2, 0) is 9.53 Å². The minimum atomic E-state index is -0.713. The molecular formula is C20H22N2O3S. The summed E-state index contributed by atoms with van der Waals surface area (Å²) in [7, 11) is 0. The van der Waals surface area contributed by atoms with Crippen molar-refractivity contribution in [3.8, 4) is 11.1 Å². The standard InChI is InChI=1S/C20H22N2O3S/c1-5-25-20(24)13(4)22-11-21-18-17(19(22)23)16(10-26-18)15-8-6-14(7-9-15)12(2)3/h6-13H,5H2,1-4H3. The topological polar surface area (TPSA) is 61.2 Å². The first-order valence-electron chi connectivity index (χ1n) is 8.69. The van der Waals surface area contributed by atoms with E-state index in [1.54, 1.807) is 13.8 Å². The summed E-state index contributed by atoms with van der Waals surface area (Å²) in [6, 6.07) is 7.51. The molecule has 0 amide bonds. The van der Waals surface area contributed by atoms with Crippen molar-refractivity contribution in [3.05, 3.63) is 51.9 Å². The molecule has 1 atom stereocenters.